The van der Waals surface area contributed by atoms with Gasteiger partial charge < -0.3 is 9.80 Å². The Morgan fingerprint density at radius 1 is 0.412 bits per heavy atom. The van der Waals surface area contributed by atoms with Crippen molar-refractivity contribution in [3.05, 3.63) is 144 Å². The molecule has 1 aliphatic heterocycles. The Hall–Kier alpha value is -4.18. The summed E-state index contributed by atoms with van der Waals surface area (Å²) in [5, 5.41) is 0. The van der Waals surface area contributed by atoms with E-state index in [0.717, 1.165) is 22.3 Å². The van der Waals surface area contributed by atoms with Crippen LogP contribution in [0.4, 0.5) is 0 Å². The highest BCUT2D eigenvalue weighted by molar-refractivity contribution is 5.93. The van der Waals surface area contributed by atoms with Crippen molar-refractivity contribution in [3.8, 4) is 0 Å². The molecule has 4 heteroatoms. The van der Waals surface area contributed by atoms with Gasteiger partial charge in [0.25, 0.3) is 0 Å². The van der Waals surface area contributed by atoms with Gasteiger partial charge in [0.15, 0.2) is 0 Å². The molecule has 2 amide bonds. The third kappa shape index (κ3) is 4.35. The molecule has 0 radical (unpaired) electrons. The van der Waals surface area contributed by atoms with E-state index in [9.17, 15) is 9.59 Å². The molecular weight excluding hydrogens is 420 g/mol. The van der Waals surface area contributed by atoms with Gasteiger partial charge in [-0.25, -0.2) is 0 Å². The minimum Gasteiger partial charge on any atom is -0.321 e. The predicted molar refractivity (Wildman–Crippen MR) is 133 cm³/mol. The maximum atomic E-state index is 13.6. The summed E-state index contributed by atoms with van der Waals surface area (Å²) in [6.45, 7) is 0.0624. The molecule has 1 heterocycles. The molecule has 0 bridgehead atoms. The van der Waals surface area contributed by atoms with E-state index in [-0.39, 0.29) is 37.0 Å². The lowest BCUT2D eigenvalue weighted by atomic mass is 9.94. The molecule has 0 spiro atoms. The molecule has 0 saturated carbocycles. The van der Waals surface area contributed by atoms with Crippen molar-refractivity contribution >= 4 is 11.8 Å². The largest absolute Gasteiger partial charge is 0.321 e. The number of hydrogen-bond donors (Lipinski definition) is 0. The van der Waals surface area contributed by atoms with Gasteiger partial charge in [-0.2, -0.15) is 0 Å². The van der Waals surface area contributed by atoms with Gasteiger partial charge in [-0.1, -0.05) is 121 Å². The lowest BCUT2D eigenvalue weighted by Gasteiger charge is -2.42. The predicted octanol–water partition coefficient (Wildman–Crippen LogP) is 5.24. The average Bonchev–Trinajstić information content (AvgIpc) is 2.90. The maximum absolute atomic E-state index is 13.6. The number of amides is 2. The van der Waals surface area contributed by atoms with Crippen molar-refractivity contribution in [1.29, 1.82) is 0 Å². The number of piperazine rings is 1. The molecule has 4 aromatic carbocycles. The summed E-state index contributed by atoms with van der Waals surface area (Å²) in [4.78, 5) is 30.7. The third-order valence-corrected chi connectivity index (χ3v) is 6.34. The van der Waals surface area contributed by atoms with E-state index in [1.165, 1.54) is 0 Å². The molecule has 5 rings (SSSR count). The first-order chi connectivity index (χ1) is 16.7. The monoisotopic (exact) mass is 446 g/mol. The van der Waals surface area contributed by atoms with Crippen LogP contribution >= 0.6 is 0 Å². The van der Waals surface area contributed by atoms with Gasteiger partial charge in [0.05, 0.1) is 12.1 Å². The Labute approximate surface area is 200 Å². The first kappa shape index (κ1) is 21.7. The standard InChI is InChI=1S/C30H26N2O2/c33-27-22-32(30(25-17-9-3-10-18-25)26-19-11-4-12-20-26)28(34)21-31(27)29(23-13-5-1-6-14-23)24-15-7-2-8-16-24/h1-20,29-30H,21-22H2. The van der Waals surface area contributed by atoms with E-state index in [1.54, 1.807) is 9.80 Å². The highest BCUT2D eigenvalue weighted by Gasteiger charge is 2.39. The Morgan fingerprint density at radius 2 is 0.647 bits per heavy atom. The molecule has 1 fully saturated rings. The minimum atomic E-state index is -0.312. The smallest absolute Gasteiger partial charge is 0.243 e. The lowest BCUT2D eigenvalue weighted by Crippen LogP contribution is -2.55. The van der Waals surface area contributed by atoms with Crippen LogP contribution in [-0.4, -0.2) is 34.7 Å². The fraction of sp³-hybridized carbons (Fsp3) is 0.133. The Kier molecular flexibility index (Phi) is 6.21. The molecule has 0 aliphatic carbocycles. The molecule has 1 aliphatic rings. The molecule has 34 heavy (non-hydrogen) atoms. The highest BCUT2D eigenvalue weighted by Crippen LogP contribution is 2.34. The summed E-state index contributed by atoms with van der Waals surface area (Å²) in [5.74, 6) is -0.122. The summed E-state index contributed by atoms with van der Waals surface area (Å²) in [6, 6.07) is 39.0. The van der Waals surface area contributed by atoms with E-state index < -0.39 is 0 Å². The Balaban J connectivity index is 1.50. The first-order valence-electron chi connectivity index (χ1n) is 11.5. The molecular formula is C30H26N2O2. The molecule has 168 valence electrons. The SMILES string of the molecule is O=C1CN(C(c2ccccc2)c2ccccc2)C(=O)CN1C(c1ccccc1)c1ccccc1. The van der Waals surface area contributed by atoms with Crippen LogP contribution in [-0.2, 0) is 9.59 Å². The van der Waals surface area contributed by atoms with Crippen molar-refractivity contribution in [3.63, 3.8) is 0 Å². The van der Waals surface area contributed by atoms with Gasteiger partial charge in [-0.15, -0.1) is 0 Å². The summed E-state index contributed by atoms with van der Waals surface area (Å²) in [7, 11) is 0. The van der Waals surface area contributed by atoms with Crippen LogP contribution in [0.5, 0.6) is 0 Å². The molecule has 0 unspecified atom stereocenters. The topological polar surface area (TPSA) is 40.6 Å². The zero-order chi connectivity index (χ0) is 23.3. The van der Waals surface area contributed by atoms with Gasteiger partial charge in [-0.05, 0) is 22.3 Å². The highest BCUT2D eigenvalue weighted by atomic mass is 16.2. The van der Waals surface area contributed by atoms with Gasteiger partial charge >= 0.3 is 0 Å². The van der Waals surface area contributed by atoms with Crippen molar-refractivity contribution < 1.29 is 9.59 Å². The normalized spacial score (nSPS) is 14.2. The summed E-state index contributed by atoms with van der Waals surface area (Å²) in [6.07, 6.45) is 0. The van der Waals surface area contributed by atoms with Crippen molar-refractivity contribution in [1.82, 2.24) is 9.80 Å². The van der Waals surface area contributed by atoms with E-state index in [4.69, 9.17) is 0 Å². The van der Waals surface area contributed by atoms with Crippen LogP contribution < -0.4 is 0 Å². The fourth-order valence-electron chi connectivity index (χ4n) is 4.77. The van der Waals surface area contributed by atoms with E-state index in [2.05, 4.69) is 0 Å². The summed E-state index contributed by atoms with van der Waals surface area (Å²) < 4.78 is 0. The van der Waals surface area contributed by atoms with Crippen LogP contribution in [0, 0.1) is 0 Å². The number of carbonyl (C=O) groups is 2. The lowest BCUT2D eigenvalue weighted by molar-refractivity contribution is -0.153. The van der Waals surface area contributed by atoms with Crippen molar-refractivity contribution in [2.24, 2.45) is 0 Å². The molecule has 4 aromatic rings. The quantitative estimate of drug-likeness (QED) is 0.407. The van der Waals surface area contributed by atoms with Gasteiger partial charge in [0.2, 0.25) is 11.8 Å². The van der Waals surface area contributed by atoms with Crippen LogP contribution in [0.3, 0.4) is 0 Å². The van der Waals surface area contributed by atoms with Crippen molar-refractivity contribution in [2.75, 3.05) is 13.1 Å². The Bertz CT molecular complexity index is 1060. The number of hydrogen-bond acceptors (Lipinski definition) is 2. The minimum absolute atomic E-state index is 0.0312. The maximum Gasteiger partial charge on any atom is 0.243 e. The number of rotatable bonds is 6. The second-order valence-corrected chi connectivity index (χ2v) is 8.49. The molecule has 1 saturated heterocycles. The van der Waals surface area contributed by atoms with E-state index >= 15 is 0 Å². The van der Waals surface area contributed by atoms with Crippen LogP contribution in [0.15, 0.2) is 121 Å². The van der Waals surface area contributed by atoms with Gasteiger partial charge in [0.1, 0.15) is 13.1 Å². The van der Waals surface area contributed by atoms with Crippen molar-refractivity contribution in [2.45, 2.75) is 12.1 Å². The zero-order valence-corrected chi connectivity index (χ0v) is 18.8. The number of benzene rings is 4. The molecule has 0 aromatic heterocycles. The van der Waals surface area contributed by atoms with Gasteiger partial charge in [0, 0.05) is 0 Å². The van der Waals surface area contributed by atoms with Crippen LogP contribution in [0.25, 0.3) is 0 Å². The molecule has 0 atom stereocenters. The van der Waals surface area contributed by atoms with Crippen LogP contribution in [0.1, 0.15) is 34.3 Å². The second kappa shape index (κ2) is 9.75. The Morgan fingerprint density at radius 3 is 0.882 bits per heavy atom. The number of nitrogens with zero attached hydrogens (tertiary/aromatic N) is 2. The fourth-order valence-corrected chi connectivity index (χ4v) is 4.77. The van der Waals surface area contributed by atoms with Crippen LogP contribution in [0.2, 0.25) is 0 Å². The third-order valence-electron chi connectivity index (χ3n) is 6.34. The van der Waals surface area contributed by atoms with E-state index in [0.29, 0.717) is 0 Å². The second-order valence-electron chi connectivity index (χ2n) is 8.49. The van der Waals surface area contributed by atoms with E-state index in [1.807, 2.05) is 121 Å². The summed E-state index contributed by atoms with van der Waals surface area (Å²) in [5.41, 5.74) is 3.97. The summed E-state index contributed by atoms with van der Waals surface area (Å²) >= 11 is 0. The molecule has 0 N–H and O–H groups in total. The van der Waals surface area contributed by atoms with Gasteiger partial charge in [-0.3, -0.25) is 9.59 Å². The zero-order valence-electron chi connectivity index (χ0n) is 18.8. The number of carbonyl (C=O) groups excluding carboxylic acids is 2. The first-order valence-corrected chi connectivity index (χ1v) is 11.5. The molecule has 4 nitrogen and oxygen atoms in total. The average molecular weight is 447 g/mol.